The molecule has 0 unspecified atom stereocenters. The van der Waals surface area contributed by atoms with E-state index in [1.54, 1.807) is 17.4 Å². The highest BCUT2D eigenvalue weighted by atomic mass is 32.1. The number of thiophene rings is 1. The Hall–Kier alpha value is -2.02. The van der Waals surface area contributed by atoms with Crippen LogP contribution >= 0.6 is 11.3 Å². The van der Waals surface area contributed by atoms with Gasteiger partial charge in [0.2, 0.25) is 0 Å². The molecule has 122 valence electrons. The number of aromatic nitrogens is 2. The van der Waals surface area contributed by atoms with Crippen molar-refractivity contribution in [2.24, 2.45) is 11.1 Å². The third kappa shape index (κ3) is 3.50. The van der Waals surface area contributed by atoms with Crippen molar-refractivity contribution >= 4 is 23.1 Å². The molecule has 7 heteroatoms. The van der Waals surface area contributed by atoms with E-state index >= 15 is 0 Å². The van der Waals surface area contributed by atoms with Crippen molar-refractivity contribution in [1.82, 2.24) is 9.97 Å². The SMILES string of the molecule is NC(=O)c1cc(N(Cc2cccs2)CC2(CF)CCC2)ncn1. The molecule has 2 aromatic heterocycles. The second-order valence-electron chi connectivity index (χ2n) is 6.05. The Morgan fingerprint density at radius 3 is 2.83 bits per heavy atom. The molecule has 1 amide bonds. The highest BCUT2D eigenvalue weighted by molar-refractivity contribution is 7.09. The molecule has 0 bridgehead atoms. The van der Waals surface area contributed by atoms with Crippen LogP contribution in [0.4, 0.5) is 10.2 Å². The number of halogens is 1. The molecule has 3 rings (SSSR count). The first kappa shape index (κ1) is 15.9. The summed E-state index contributed by atoms with van der Waals surface area (Å²) >= 11 is 1.65. The molecule has 0 aliphatic heterocycles. The fourth-order valence-corrected chi connectivity index (χ4v) is 3.60. The standard InChI is InChI=1S/C16H19FN4OS/c17-9-16(4-2-5-16)10-21(8-12-3-1-6-23-12)14-7-13(15(18)22)19-11-20-14/h1,3,6-7,11H,2,4-5,8-10H2,(H2,18,22). The number of hydrogen-bond donors (Lipinski definition) is 1. The van der Waals surface area contributed by atoms with Gasteiger partial charge >= 0.3 is 0 Å². The predicted octanol–water partition coefficient (Wildman–Crippen LogP) is 2.78. The van der Waals surface area contributed by atoms with Gasteiger partial charge in [-0.2, -0.15) is 0 Å². The summed E-state index contributed by atoms with van der Waals surface area (Å²) < 4.78 is 13.5. The van der Waals surface area contributed by atoms with Crippen LogP contribution in [0.5, 0.6) is 0 Å². The lowest BCUT2D eigenvalue weighted by Crippen LogP contribution is -2.44. The van der Waals surface area contributed by atoms with E-state index in [9.17, 15) is 9.18 Å². The largest absolute Gasteiger partial charge is 0.364 e. The van der Waals surface area contributed by atoms with E-state index < -0.39 is 5.91 Å². The number of carbonyl (C=O) groups is 1. The molecule has 2 aromatic rings. The third-order valence-corrected chi connectivity index (χ3v) is 5.24. The molecule has 1 fully saturated rings. The van der Waals surface area contributed by atoms with Gasteiger partial charge < -0.3 is 10.6 Å². The monoisotopic (exact) mass is 334 g/mol. The van der Waals surface area contributed by atoms with E-state index in [0.717, 1.165) is 24.1 Å². The van der Waals surface area contributed by atoms with Crippen molar-refractivity contribution in [3.8, 4) is 0 Å². The second kappa shape index (κ2) is 6.62. The van der Waals surface area contributed by atoms with Crippen LogP contribution in [0.2, 0.25) is 0 Å². The molecule has 0 atom stereocenters. The van der Waals surface area contributed by atoms with Gasteiger partial charge in [-0.15, -0.1) is 11.3 Å². The van der Waals surface area contributed by atoms with Gasteiger partial charge in [-0.05, 0) is 24.3 Å². The quantitative estimate of drug-likeness (QED) is 0.845. The van der Waals surface area contributed by atoms with Crippen LogP contribution < -0.4 is 10.6 Å². The Bertz CT molecular complexity index is 667. The molecule has 5 nitrogen and oxygen atoms in total. The predicted molar refractivity (Wildman–Crippen MR) is 88.2 cm³/mol. The number of nitrogens with zero attached hydrogens (tertiary/aromatic N) is 3. The molecular formula is C16H19FN4OS. The highest BCUT2D eigenvalue weighted by Gasteiger charge is 2.39. The summed E-state index contributed by atoms with van der Waals surface area (Å²) in [5.74, 6) is 0.0236. The summed E-state index contributed by atoms with van der Waals surface area (Å²) in [6, 6.07) is 5.61. The molecule has 0 saturated heterocycles. The average Bonchev–Trinajstić information content (AvgIpc) is 3.03. The van der Waals surface area contributed by atoms with Crippen LogP contribution in [0.3, 0.4) is 0 Å². The van der Waals surface area contributed by atoms with Gasteiger partial charge in [0.25, 0.3) is 5.91 Å². The average molecular weight is 334 g/mol. The maximum absolute atomic E-state index is 13.5. The zero-order chi connectivity index (χ0) is 16.3. The fraction of sp³-hybridized carbons (Fsp3) is 0.438. The van der Waals surface area contributed by atoms with Crippen LogP contribution in [-0.4, -0.2) is 29.1 Å². The first-order chi connectivity index (χ1) is 11.1. The number of nitrogens with two attached hydrogens (primary N) is 1. The lowest BCUT2D eigenvalue weighted by molar-refractivity contribution is 0.0978. The smallest absolute Gasteiger partial charge is 0.267 e. The van der Waals surface area contributed by atoms with E-state index in [1.165, 1.54) is 6.33 Å². The molecule has 23 heavy (non-hydrogen) atoms. The first-order valence-corrected chi connectivity index (χ1v) is 8.45. The second-order valence-corrected chi connectivity index (χ2v) is 7.08. The maximum Gasteiger partial charge on any atom is 0.267 e. The molecule has 1 aliphatic carbocycles. The van der Waals surface area contributed by atoms with Crippen LogP contribution in [0, 0.1) is 5.41 Å². The van der Waals surface area contributed by atoms with Crippen molar-refractivity contribution < 1.29 is 9.18 Å². The van der Waals surface area contributed by atoms with Crippen molar-refractivity contribution in [3.63, 3.8) is 0 Å². The fourth-order valence-electron chi connectivity index (χ4n) is 2.88. The minimum atomic E-state index is -0.589. The topological polar surface area (TPSA) is 72.1 Å². The van der Waals surface area contributed by atoms with E-state index in [2.05, 4.69) is 9.97 Å². The molecule has 0 spiro atoms. The lowest BCUT2D eigenvalue weighted by atomic mass is 9.69. The Kier molecular flexibility index (Phi) is 4.56. The summed E-state index contributed by atoms with van der Waals surface area (Å²) in [6.45, 7) is 0.882. The normalized spacial score (nSPS) is 15.9. The van der Waals surface area contributed by atoms with Gasteiger partial charge in [0.15, 0.2) is 0 Å². The highest BCUT2D eigenvalue weighted by Crippen LogP contribution is 2.42. The minimum Gasteiger partial charge on any atom is -0.364 e. The van der Waals surface area contributed by atoms with Crippen LogP contribution in [0.25, 0.3) is 0 Å². The van der Waals surface area contributed by atoms with E-state index in [1.807, 2.05) is 22.4 Å². The van der Waals surface area contributed by atoms with Crippen molar-refractivity contribution in [2.75, 3.05) is 18.1 Å². The summed E-state index contributed by atoms with van der Waals surface area (Å²) in [5.41, 5.74) is 5.18. The summed E-state index contributed by atoms with van der Waals surface area (Å²) in [6.07, 6.45) is 4.17. The maximum atomic E-state index is 13.5. The summed E-state index contributed by atoms with van der Waals surface area (Å²) in [4.78, 5) is 22.7. The van der Waals surface area contributed by atoms with E-state index in [0.29, 0.717) is 18.9 Å². The summed E-state index contributed by atoms with van der Waals surface area (Å²) in [7, 11) is 0. The Morgan fingerprint density at radius 2 is 2.26 bits per heavy atom. The zero-order valence-corrected chi connectivity index (χ0v) is 13.6. The molecule has 0 radical (unpaired) electrons. The minimum absolute atomic E-state index is 0.175. The van der Waals surface area contributed by atoms with Gasteiger partial charge in [-0.1, -0.05) is 12.5 Å². The van der Waals surface area contributed by atoms with Crippen LogP contribution in [0.15, 0.2) is 29.9 Å². The number of carbonyl (C=O) groups excluding carboxylic acids is 1. The number of amides is 1. The number of alkyl halides is 1. The Labute approximate surface area is 138 Å². The number of hydrogen-bond acceptors (Lipinski definition) is 5. The molecular weight excluding hydrogens is 315 g/mol. The molecule has 2 N–H and O–H groups in total. The number of primary amides is 1. The first-order valence-electron chi connectivity index (χ1n) is 7.57. The number of anilines is 1. The molecule has 1 aliphatic rings. The molecule has 0 aromatic carbocycles. The van der Waals surface area contributed by atoms with Gasteiger partial charge in [0.1, 0.15) is 17.8 Å². The van der Waals surface area contributed by atoms with E-state index in [4.69, 9.17) is 5.73 Å². The molecule has 2 heterocycles. The van der Waals surface area contributed by atoms with Crippen molar-refractivity contribution in [1.29, 1.82) is 0 Å². The van der Waals surface area contributed by atoms with Gasteiger partial charge in [-0.3, -0.25) is 9.18 Å². The Balaban J connectivity index is 1.87. The zero-order valence-electron chi connectivity index (χ0n) is 12.7. The van der Waals surface area contributed by atoms with Gasteiger partial charge in [0, 0.05) is 22.9 Å². The lowest BCUT2D eigenvalue weighted by Gasteiger charge is -2.43. The van der Waals surface area contributed by atoms with Gasteiger partial charge in [0.05, 0.1) is 13.2 Å². The van der Waals surface area contributed by atoms with E-state index in [-0.39, 0.29) is 17.8 Å². The Morgan fingerprint density at radius 1 is 1.43 bits per heavy atom. The van der Waals surface area contributed by atoms with Crippen LogP contribution in [0.1, 0.15) is 34.6 Å². The van der Waals surface area contributed by atoms with Crippen LogP contribution in [-0.2, 0) is 6.54 Å². The van der Waals surface area contributed by atoms with Gasteiger partial charge in [-0.25, -0.2) is 9.97 Å². The number of rotatable bonds is 7. The summed E-state index contributed by atoms with van der Waals surface area (Å²) in [5, 5.41) is 2.01. The van der Waals surface area contributed by atoms with Crippen molar-refractivity contribution in [2.45, 2.75) is 25.8 Å². The third-order valence-electron chi connectivity index (χ3n) is 4.38. The van der Waals surface area contributed by atoms with Crippen molar-refractivity contribution in [3.05, 3.63) is 40.5 Å². The molecule has 1 saturated carbocycles.